The van der Waals surface area contributed by atoms with Crippen LogP contribution in [0.25, 0.3) is 0 Å². The molecule has 110 valence electrons. The maximum absolute atomic E-state index is 12.2. The van der Waals surface area contributed by atoms with E-state index in [9.17, 15) is 14.7 Å². The van der Waals surface area contributed by atoms with Crippen molar-refractivity contribution in [3.63, 3.8) is 0 Å². The molecule has 1 heterocycles. The summed E-state index contributed by atoms with van der Waals surface area (Å²) in [6.07, 6.45) is 3.10. The predicted molar refractivity (Wildman–Crippen MR) is 71.8 cm³/mol. The highest BCUT2D eigenvalue weighted by Gasteiger charge is 2.31. The third kappa shape index (κ3) is 4.49. The first-order chi connectivity index (χ1) is 8.99. The Hall–Kier alpha value is -1.10. The number of amides is 1. The van der Waals surface area contributed by atoms with E-state index in [1.165, 1.54) is 0 Å². The first-order valence-electron chi connectivity index (χ1n) is 7.14. The zero-order chi connectivity index (χ0) is 14.4. The van der Waals surface area contributed by atoms with Crippen molar-refractivity contribution in [3.8, 4) is 0 Å². The van der Waals surface area contributed by atoms with Gasteiger partial charge in [-0.1, -0.05) is 27.2 Å². The average molecular weight is 271 g/mol. The van der Waals surface area contributed by atoms with Gasteiger partial charge >= 0.3 is 5.97 Å². The topological polar surface area (TPSA) is 75.6 Å². The van der Waals surface area contributed by atoms with Gasteiger partial charge < -0.3 is 15.2 Å². The second-order valence-corrected chi connectivity index (χ2v) is 5.33. The van der Waals surface area contributed by atoms with Crippen molar-refractivity contribution in [3.05, 3.63) is 0 Å². The third-order valence-corrected chi connectivity index (χ3v) is 3.97. The quantitative estimate of drug-likeness (QED) is 0.772. The third-order valence-electron chi connectivity index (χ3n) is 3.97. The lowest BCUT2D eigenvalue weighted by Crippen LogP contribution is -2.48. The van der Waals surface area contributed by atoms with Gasteiger partial charge in [-0.2, -0.15) is 0 Å². The summed E-state index contributed by atoms with van der Waals surface area (Å²) in [6, 6.07) is -0.791. The molecular formula is C14H25NO4. The largest absolute Gasteiger partial charge is 0.480 e. The molecule has 0 radical (unpaired) electrons. The van der Waals surface area contributed by atoms with Crippen molar-refractivity contribution in [2.75, 3.05) is 6.61 Å². The number of carbonyl (C=O) groups is 2. The summed E-state index contributed by atoms with van der Waals surface area (Å²) in [5.41, 5.74) is 0. The smallest absolute Gasteiger partial charge is 0.326 e. The fourth-order valence-corrected chi connectivity index (χ4v) is 2.36. The van der Waals surface area contributed by atoms with Gasteiger partial charge in [0, 0.05) is 12.5 Å². The van der Waals surface area contributed by atoms with Crippen LogP contribution in [-0.4, -0.2) is 35.7 Å². The van der Waals surface area contributed by atoms with E-state index in [1.807, 2.05) is 20.8 Å². The molecule has 1 fully saturated rings. The Morgan fingerprint density at radius 2 is 2.11 bits per heavy atom. The fourth-order valence-electron chi connectivity index (χ4n) is 2.36. The molecule has 0 spiro atoms. The van der Waals surface area contributed by atoms with E-state index in [-0.39, 0.29) is 23.8 Å². The molecule has 5 heteroatoms. The molecule has 0 aromatic carbocycles. The molecule has 1 amide bonds. The number of hydrogen-bond acceptors (Lipinski definition) is 3. The van der Waals surface area contributed by atoms with Crippen LogP contribution < -0.4 is 5.32 Å². The SMILES string of the molecule is CCC1CC(C(=O)N[C@H](C(=O)O)[C@@H](C)CC)CCO1. The number of rotatable bonds is 6. The first-order valence-corrected chi connectivity index (χ1v) is 7.14. The van der Waals surface area contributed by atoms with Crippen molar-refractivity contribution in [1.82, 2.24) is 5.32 Å². The maximum Gasteiger partial charge on any atom is 0.326 e. The second kappa shape index (κ2) is 7.48. The lowest BCUT2D eigenvalue weighted by molar-refractivity contribution is -0.145. The second-order valence-electron chi connectivity index (χ2n) is 5.33. The van der Waals surface area contributed by atoms with Gasteiger partial charge in [-0.25, -0.2) is 4.79 Å². The minimum absolute atomic E-state index is 0.0664. The summed E-state index contributed by atoms with van der Waals surface area (Å²) < 4.78 is 5.53. The van der Waals surface area contributed by atoms with Crippen LogP contribution in [0.15, 0.2) is 0 Å². The van der Waals surface area contributed by atoms with Crippen LogP contribution in [-0.2, 0) is 14.3 Å². The van der Waals surface area contributed by atoms with Crippen molar-refractivity contribution in [2.24, 2.45) is 11.8 Å². The number of nitrogens with one attached hydrogen (secondary N) is 1. The van der Waals surface area contributed by atoms with Gasteiger partial charge in [0.25, 0.3) is 0 Å². The maximum atomic E-state index is 12.2. The number of ether oxygens (including phenoxy) is 1. The molecule has 2 unspecified atom stereocenters. The molecule has 1 rings (SSSR count). The Balaban J connectivity index is 2.58. The molecule has 0 saturated carbocycles. The molecule has 1 aliphatic rings. The zero-order valence-corrected chi connectivity index (χ0v) is 12.0. The number of carboxylic acid groups (broad SMARTS) is 1. The number of carboxylic acids is 1. The lowest BCUT2D eigenvalue weighted by Gasteiger charge is -2.30. The summed E-state index contributed by atoms with van der Waals surface area (Å²) in [6.45, 7) is 6.38. The van der Waals surface area contributed by atoms with Gasteiger partial charge in [0.15, 0.2) is 0 Å². The summed E-state index contributed by atoms with van der Waals surface area (Å²) >= 11 is 0. The minimum Gasteiger partial charge on any atom is -0.480 e. The van der Waals surface area contributed by atoms with Gasteiger partial charge in [0.05, 0.1) is 6.10 Å². The first kappa shape index (κ1) is 16.0. The lowest BCUT2D eigenvalue weighted by atomic mass is 9.92. The van der Waals surface area contributed by atoms with Crippen molar-refractivity contribution in [1.29, 1.82) is 0 Å². The normalized spacial score (nSPS) is 26.5. The summed E-state index contributed by atoms with van der Waals surface area (Å²) in [5.74, 6) is -1.29. The Morgan fingerprint density at radius 1 is 1.42 bits per heavy atom. The van der Waals surface area contributed by atoms with Gasteiger partial charge in [0.2, 0.25) is 5.91 Å². The Kier molecular flexibility index (Phi) is 6.28. The van der Waals surface area contributed by atoms with Crippen molar-refractivity contribution < 1.29 is 19.4 Å². The molecule has 0 aromatic heterocycles. The van der Waals surface area contributed by atoms with Crippen molar-refractivity contribution >= 4 is 11.9 Å². The number of aliphatic carboxylic acids is 1. The zero-order valence-electron chi connectivity index (χ0n) is 12.0. The molecule has 0 aliphatic carbocycles. The molecule has 2 N–H and O–H groups in total. The fraction of sp³-hybridized carbons (Fsp3) is 0.857. The van der Waals surface area contributed by atoms with Gasteiger partial charge in [-0.05, 0) is 25.2 Å². The summed E-state index contributed by atoms with van der Waals surface area (Å²) in [7, 11) is 0. The summed E-state index contributed by atoms with van der Waals surface area (Å²) in [5, 5.41) is 11.9. The van der Waals surface area contributed by atoms with E-state index in [0.717, 1.165) is 12.8 Å². The molecule has 0 aromatic rings. The summed E-state index contributed by atoms with van der Waals surface area (Å²) in [4.78, 5) is 23.4. The van der Waals surface area contributed by atoms with E-state index in [0.29, 0.717) is 19.4 Å². The Labute approximate surface area is 114 Å². The monoisotopic (exact) mass is 271 g/mol. The van der Waals surface area contributed by atoms with Crippen LogP contribution in [0.3, 0.4) is 0 Å². The van der Waals surface area contributed by atoms with E-state index >= 15 is 0 Å². The minimum atomic E-state index is -0.957. The highest BCUT2D eigenvalue weighted by Crippen LogP contribution is 2.22. The van der Waals surface area contributed by atoms with Crippen LogP contribution >= 0.6 is 0 Å². The van der Waals surface area contributed by atoms with E-state index in [2.05, 4.69) is 5.32 Å². The van der Waals surface area contributed by atoms with Crippen LogP contribution in [0.4, 0.5) is 0 Å². The Morgan fingerprint density at radius 3 is 2.63 bits per heavy atom. The molecule has 1 saturated heterocycles. The standard InChI is InChI=1S/C14H25NO4/c1-4-9(3)12(14(17)18)15-13(16)10-6-7-19-11(5-2)8-10/h9-12H,4-8H2,1-3H3,(H,15,16)(H,17,18)/t9-,10?,11?,12-/m0/s1. The number of carbonyl (C=O) groups excluding carboxylic acids is 1. The predicted octanol–water partition coefficient (Wildman–Crippen LogP) is 1.81. The van der Waals surface area contributed by atoms with Gasteiger partial charge in [-0.15, -0.1) is 0 Å². The molecule has 4 atom stereocenters. The van der Waals surface area contributed by atoms with Crippen LogP contribution in [0.1, 0.15) is 46.5 Å². The molecule has 19 heavy (non-hydrogen) atoms. The van der Waals surface area contributed by atoms with Crippen LogP contribution in [0.5, 0.6) is 0 Å². The van der Waals surface area contributed by atoms with Crippen LogP contribution in [0, 0.1) is 11.8 Å². The molecule has 1 aliphatic heterocycles. The molecule has 5 nitrogen and oxygen atoms in total. The van der Waals surface area contributed by atoms with Crippen molar-refractivity contribution in [2.45, 2.75) is 58.6 Å². The highest BCUT2D eigenvalue weighted by molar-refractivity contribution is 5.85. The van der Waals surface area contributed by atoms with E-state index in [1.54, 1.807) is 0 Å². The number of hydrogen-bond donors (Lipinski definition) is 2. The average Bonchev–Trinajstić information content (AvgIpc) is 2.43. The van der Waals surface area contributed by atoms with Crippen LogP contribution in [0.2, 0.25) is 0 Å². The van der Waals surface area contributed by atoms with Gasteiger partial charge in [-0.3, -0.25) is 4.79 Å². The van der Waals surface area contributed by atoms with E-state index < -0.39 is 12.0 Å². The Bertz CT molecular complexity index is 319. The van der Waals surface area contributed by atoms with Gasteiger partial charge in [0.1, 0.15) is 6.04 Å². The highest BCUT2D eigenvalue weighted by atomic mass is 16.5. The van der Waals surface area contributed by atoms with E-state index in [4.69, 9.17) is 4.74 Å². The molecule has 0 bridgehead atoms. The molecular weight excluding hydrogens is 246 g/mol.